The molecule has 0 bridgehead atoms. The van der Waals surface area contributed by atoms with Crippen LogP contribution < -0.4 is 19.5 Å². The highest BCUT2D eigenvalue weighted by Gasteiger charge is 2.25. The van der Waals surface area contributed by atoms with E-state index in [1.54, 1.807) is 24.3 Å². The van der Waals surface area contributed by atoms with Crippen molar-refractivity contribution in [2.24, 2.45) is 0 Å². The lowest BCUT2D eigenvalue weighted by Crippen LogP contribution is -2.30. The molecule has 2 amide bonds. The van der Waals surface area contributed by atoms with Crippen LogP contribution in [0, 0.1) is 0 Å². The predicted molar refractivity (Wildman–Crippen MR) is 208 cm³/mol. The molecule has 0 aliphatic heterocycles. The molecule has 7 rings (SSSR count). The summed E-state index contributed by atoms with van der Waals surface area (Å²) in [5.41, 5.74) is 5.59. The number of amides is 2. The Bertz CT molecular complexity index is 2350. The average molecular weight is 744 g/mol. The Kier molecular flexibility index (Phi) is 10.7. The number of anilines is 1. The van der Waals surface area contributed by atoms with E-state index in [2.05, 4.69) is 45.1 Å². The fraction of sp³-hybridized carbons (Fsp3) is 0.209. The van der Waals surface area contributed by atoms with Crippen molar-refractivity contribution in [2.45, 2.75) is 49.1 Å². The van der Waals surface area contributed by atoms with Crippen LogP contribution in [-0.2, 0) is 21.2 Å². The summed E-state index contributed by atoms with van der Waals surface area (Å²) in [5.74, 6) is -0.276. The molecule has 1 aromatic heterocycles. The van der Waals surface area contributed by atoms with E-state index < -0.39 is 22.0 Å². The maximum atomic E-state index is 13.3. The van der Waals surface area contributed by atoms with E-state index in [1.165, 1.54) is 32.4 Å². The van der Waals surface area contributed by atoms with Crippen LogP contribution in [0.4, 0.5) is 10.5 Å². The van der Waals surface area contributed by atoms with E-state index in [0.29, 0.717) is 17.9 Å². The van der Waals surface area contributed by atoms with Crippen LogP contribution in [0.2, 0.25) is 0 Å². The molecule has 1 saturated carbocycles. The monoisotopic (exact) mass is 743 g/mol. The molecule has 1 heterocycles. The van der Waals surface area contributed by atoms with Gasteiger partial charge >= 0.3 is 6.09 Å². The highest BCUT2D eigenvalue weighted by molar-refractivity contribution is 7.90. The largest absolute Gasteiger partial charge is 0.496 e. The van der Waals surface area contributed by atoms with E-state index in [-0.39, 0.29) is 28.4 Å². The van der Waals surface area contributed by atoms with E-state index in [9.17, 15) is 18.0 Å². The van der Waals surface area contributed by atoms with Gasteiger partial charge in [0.2, 0.25) is 0 Å². The van der Waals surface area contributed by atoms with Crippen molar-refractivity contribution >= 4 is 38.6 Å². The third-order valence-corrected chi connectivity index (χ3v) is 11.1. The number of hydrogen-bond acceptors (Lipinski definition) is 7. The highest BCUT2D eigenvalue weighted by atomic mass is 32.2. The minimum Gasteiger partial charge on any atom is -0.496 e. The van der Waals surface area contributed by atoms with Crippen LogP contribution in [0.5, 0.6) is 11.5 Å². The van der Waals surface area contributed by atoms with Crippen LogP contribution in [0.3, 0.4) is 0 Å². The van der Waals surface area contributed by atoms with Gasteiger partial charge in [-0.05, 0) is 90.4 Å². The van der Waals surface area contributed by atoms with Crippen molar-refractivity contribution in [2.75, 3.05) is 19.5 Å². The second kappa shape index (κ2) is 15.9. The Morgan fingerprint density at radius 1 is 0.759 bits per heavy atom. The first-order chi connectivity index (χ1) is 26.2. The molecule has 11 heteroatoms. The van der Waals surface area contributed by atoms with Gasteiger partial charge in [0.15, 0.2) is 0 Å². The molecule has 10 nitrogen and oxygen atoms in total. The van der Waals surface area contributed by atoms with Crippen molar-refractivity contribution < 1.29 is 32.2 Å². The lowest BCUT2D eigenvalue weighted by atomic mass is 9.98. The molecule has 2 N–H and O–H groups in total. The summed E-state index contributed by atoms with van der Waals surface area (Å²) in [4.78, 5) is 26.0. The number of nitrogens with zero attached hydrogens (tertiary/aromatic N) is 1. The first-order valence-corrected chi connectivity index (χ1v) is 19.3. The third-order valence-electron chi connectivity index (χ3n) is 9.76. The number of fused-ring (bicyclic) bond motifs is 1. The second-order valence-corrected chi connectivity index (χ2v) is 14.9. The molecule has 6 aromatic rings. The Morgan fingerprint density at radius 2 is 1.41 bits per heavy atom. The standard InChI is InChI=1S/C43H41N3O7S/c1-51-38-19-11-12-20-40(38)54(49,50)45-42(47)32-22-21-31(39(26-32)52-2)25-33-28-46(41(29-13-5-3-6-14-29)30-15-7-4-8-16-30)37-24-23-34(27-36(33)37)44-43(48)53-35-17-9-10-18-35/h3-8,11-16,19-24,26-28,35,41H,9-10,17-18,25H2,1-2H3,(H,44,48)(H,45,47). The Hall–Kier alpha value is -6.07. The number of aromatic nitrogens is 1. The van der Waals surface area contributed by atoms with E-state index in [1.807, 2.05) is 54.6 Å². The normalized spacial score (nSPS) is 13.2. The summed E-state index contributed by atoms with van der Waals surface area (Å²) in [6, 6.07) is 37.2. The number of ether oxygens (including phenoxy) is 3. The van der Waals surface area contributed by atoms with Crippen molar-refractivity contribution in [3.8, 4) is 11.5 Å². The van der Waals surface area contributed by atoms with E-state index in [0.717, 1.165) is 58.8 Å². The molecular weight excluding hydrogens is 703 g/mol. The van der Waals surface area contributed by atoms with Gasteiger partial charge in [-0.25, -0.2) is 17.9 Å². The van der Waals surface area contributed by atoms with Crippen molar-refractivity contribution in [1.29, 1.82) is 0 Å². The molecule has 0 saturated heterocycles. The van der Waals surface area contributed by atoms with Gasteiger partial charge in [-0.2, -0.15) is 0 Å². The first-order valence-electron chi connectivity index (χ1n) is 17.8. The zero-order chi connectivity index (χ0) is 37.7. The minimum absolute atomic E-state index is 0.0679. The van der Waals surface area contributed by atoms with Gasteiger partial charge in [-0.3, -0.25) is 10.1 Å². The molecule has 0 spiro atoms. The first kappa shape index (κ1) is 36.3. The van der Waals surface area contributed by atoms with Crippen LogP contribution >= 0.6 is 0 Å². The fourth-order valence-corrected chi connectivity index (χ4v) is 8.31. The maximum absolute atomic E-state index is 13.3. The van der Waals surface area contributed by atoms with E-state index in [4.69, 9.17) is 14.2 Å². The number of benzene rings is 5. The quantitative estimate of drug-likeness (QED) is 0.129. The molecule has 0 radical (unpaired) electrons. The zero-order valence-electron chi connectivity index (χ0n) is 30.0. The second-order valence-electron chi connectivity index (χ2n) is 13.2. The molecule has 276 valence electrons. The van der Waals surface area contributed by atoms with Gasteiger partial charge in [-0.15, -0.1) is 0 Å². The number of carbonyl (C=O) groups is 2. The van der Waals surface area contributed by atoms with Crippen LogP contribution in [0.15, 0.2) is 132 Å². The Morgan fingerprint density at radius 3 is 2.07 bits per heavy atom. The van der Waals surface area contributed by atoms with Gasteiger partial charge in [0.05, 0.1) is 20.3 Å². The maximum Gasteiger partial charge on any atom is 0.411 e. The number of hydrogen-bond donors (Lipinski definition) is 2. The summed E-state index contributed by atoms with van der Waals surface area (Å²) in [6.07, 6.45) is 5.85. The summed E-state index contributed by atoms with van der Waals surface area (Å²) >= 11 is 0. The molecule has 5 aromatic carbocycles. The summed E-state index contributed by atoms with van der Waals surface area (Å²) in [5, 5.41) is 3.85. The van der Waals surface area contributed by atoms with Crippen molar-refractivity contribution in [3.63, 3.8) is 0 Å². The highest BCUT2D eigenvalue weighted by Crippen LogP contribution is 2.36. The number of rotatable bonds is 12. The van der Waals surface area contributed by atoms with E-state index >= 15 is 0 Å². The number of carbonyl (C=O) groups excluding carboxylic acids is 2. The third kappa shape index (κ3) is 7.81. The smallest absolute Gasteiger partial charge is 0.411 e. The summed E-state index contributed by atoms with van der Waals surface area (Å²) < 4.78 is 47.3. The van der Waals surface area contributed by atoms with Crippen molar-refractivity contribution in [1.82, 2.24) is 9.29 Å². The Balaban J connectivity index is 1.25. The molecule has 0 atom stereocenters. The molecule has 1 aliphatic rings. The van der Waals surface area contributed by atoms with Gasteiger partial charge in [0.25, 0.3) is 15.9 Å². The molecule has 1 aliphatic carbocycles. The number of sulfonamides is 1. The number of nitrogens with one attached hydrogen (secondary N) is 2. The fourth-order valence-electron chi connectivity index (χ4n) is 7.16. The number of para-hydroxylation sites is 1. The molecular formula is C43H41N3O7S. The van der Waals surface area contributed by atoms with Gasteiger partial charge < -0.3 is 18.8 Å². The molecule has 0 unspecified atom stereocenters. The van der Waals surface area contributed by atoms with Crippen molar-refractivity contribution in [3.05, 3.63) is 155 Å². The average Bonchev–Trinajstić information content (AvgIpc) is 3.83. The van der Waals surface area contributed by atoms with Gasteiger partial charge in [0, 0.05) is 34.8 Å². The van der Waals surface area contributed by atoms with Gasteiger partial charge in [0.1, 0.15) is 22.5 Å². The topological polar surface area (TPSA) is 125 Å². The SMILES string of the molecule is COc1cc(C(=O)NS(=O)(=O)c2ccccc2OC)ccc1Cc1cn(C(c2ccccc2)c2ccccc2)c2ccc(NC(=O)OC3CCCC3)cc12. The summed E-state index contributed by atoms with van der Waals surface area (Å²) in [7, 11) is -1.36. The zero-order valence-corrected chi connectivity index (χ0v) is 30.8. The minimum atomic E-state index is -4.23. The lowest BCUT2D eigenvalue weighted by Gasteiger charge is -2.22. The van der Waals surface area contributed by atoms with Crippen LogP contribution in [-0.4, -0.2) is 45.3 Å². The van der Waals surface area contributed by atoms with Crippen LogP contribution in [0.1, 0.15) is 64.3 Å². The predicted octanol–water partition coefficient (Wildman–Crippen LogP) is 8.50. The Labute approximate surface area is 314 Å². The lowest BCUT2D eigenvalue weighted by molar-refractivity contribution is 0.0980. The van der Waals surface area contributed by atoms with Crippen LogP contribution in [0.25, 0.3) is 10.9 Å². The molecule has 1 fully saturated rings. The summed E-state index contributed by atoms with van der Waals surface area (Å²) in [6.45, 7) is 0. The van der Waals surface area contributed by atoms with Gasteiger partial charge in [-0.1, -0.05) is 78.9 Å². The number of methoxy groups -OCH3 is 2. The molecule has 54 heavy (non-hydrogen) atoms.